The van der Waals surface area contributed by atoms with Crippen LogP contribution in [-0.4, -0.2) is 22.8 Å². The predicted molar refractivity (Wildman–Crippen MR) is 60.4 cm³/mol. The molecule has 102 valence electrons. The largest absolute Gasteiger partial charge is 0.453 e. The van der Waals surface area contributed by atoms with Gasteiger partial charge >= 0.3 is 12.1 Å². The molecule has 0 amide bonds. The molecule has 0 spiro atoms. The maximum absolute atomic E-state index is 13.0. The zero-order valence-corrected chi connectivity index (χ0v) is 10.8. The van der Waals surface area contributed by atoms with Crippen LogP contribution in [0.5, 0.6) is 0 Å². The van der Waals surface area contributed by atoms with Gasteiger partial charge in [0.2, 0.25) is 0 Å². The van der Waals surface area contributed by atoms with Crippen molar-refractivity contribution < 1.29 is 22.0 Å². The topological polar surface area (TPSA) is 12.9 Å². The number of nitrogens with zero attached hydrogens (tertiary/aromatic N) is 1. The summed E-state index contributed by atoms with van der Waals surface area (Å²) in [4.78, 5) is 3.84. The van der Waals surface area contributed by atoms with Gasteiger partial charge in [-0.2, -0.15) is 22.0 Å². The molecule has 1 heterocycles. The lowest BCUT2D eigenvalue weighted by Crippen LogP contribution is -2.38. The number of rotatable bonds is 4. The highest BCUT2D eigenvalue weighted by atomic mass is 35.5. The highest BCUT2D eigenvalue weighted by molar-refractivity contribution is 7.99. The molecule has 0 aliphatic carbocycles. The minimum Gasteiger partial charge on any atom is -0.240 e. The Kier molecular flexibility index (Phi) is 4.83. The molecule has 0 N–H and O–H groups in total. The van der Waals surface area contributed by atoms with Crippen molar-refractivity contribution >= 4 is 23.4 Å². The molecule has 0 aliphatic rings. The molecule has 0 fully saturated rings. The molecule has 0 radical (unpaired) electrons. The van der Waals surface area contributed by atoms with Crippen LogP contribution >= 0.6 is 23.4 Å². The van der Waals surface area contributed by atoms with Gasteiger partial charge < -0.3 is 0 Å². The Labute approximate surface area is 110 Å². The van der Waals surface area contributed by atoms with Gasteiger partial charge in [-0.15, -0.1) is 11.8 Å². The lowest BCUT2D eigenvalue weighted by Gasteiger charge is -2.20. The van der Waals surface area contributed by atoms with Crippen molar-refractivity contribution in [3.05, 3.63) is 23.0 Å². The SMILES string of the molecule is CCSc1ccc(Cl)nc1CC(F)(F)C(F)(F)F. The van der Waals surface area contributed by atoms with E-state index in [0.717, 1.165) is 11.8 Å². The van der Waals surface area contributed by atoms with E-state index in [4.69, 9.17) is 11.6 Å². The maximum atomic E-state index is 13.0. The van der Waals surface area contributed by atoms with Crippen molar-refractivity contribution in [3.8, 4) is 0 Å². The maximum Gasteiger partial charge on any atom is 0.453 e. The summed E-state index contributed by atoms with van der Waals surface area (Å²) in [7, 11) is 0. The molecule has 0 atom stereocenters. The standard InChI is InChI=1S/C10H9ClF5NS/c1-2-18-7-3-4-8(11)17-6(7)5-9(12,13)10(14,15)16/h3-4H,2,5H2,1H3. The number of halogens is 6. The minimum atomic E-state index is -5.59. The Morgan fingerprint density at radius 2 is 1.83 bits per heavy atom. The van der Waals surface area contributed by atoms with E-state index in [9.17, 15) is 22.0 Å². The zero-order valence-electron chi connectivity index (χ0n) is 9.19. The number of thioether (sulfide) groups is 1. The van der Waals surface area contributed by atoms with Crippen molar-refractivity contribution in [1.82, 2.24) is 4.98 Å². The van der Waals surface area contributed by atoms with Crippen molar-refractivity contribution in [2.24, 2.45) is 0 Å². The molecule has 0 unspecified atom stereocenters. The average Bonchev–Trinajstić information content (AvgIpc) is 2.20. The van der Waals surface area contributed by atoms with Crippen LogP contribution in [-0.2, 0) is 6.42 Å². The zero-order chi connectivity index (χ0) is 14.0. The second-order valence-electron chi connectivity index (χ2n) is 3.39. The third-order valence-corrected chi connectivity index (χ3v) is 3.18. The van der Waals surface area contributed by atoms with Gasteiger partial charge in [0.25, 0.3) is 0 Å². The second kappa shape index (κ2) is 5.61. The van der Waals surface area contributed by atoms with Gasteiger partial charge in [-0.25, -0.2) is 4.98 Å². The van der Waals surface area contributed by atoms with E-state index in [1.807, 2.05) is 0 Å². The summed E-state index contributed by atoms with van der Waals surface area (Å²) < 4.78 is 62.3. The fourth-order valence-corrected chi connectivity index (χ4v) is 2.11. The molecule has 0 aliphatic heterocycles. The smallest absolute Gasteiger partial charge is 0.240 e. The van der Waals surface area contributed by atoms with E-state index in [1.54, 1.807) is 6.92 Å². The fraction of sp³-hybridized carbons (Fsp3) is 0.500. The quantitative estimate of drug-likeness (QED) is 0.458. The average molecular weight is 306 g/mol. The first-order chi connectivity index (χ1) is 8.17. The van der Waals surface area contributed by atoms with Gasteiger partial charge in [-0.1, -0.05) is 18.5 Å². The summed E-state index contributed by atoms with van der Waals surface area (Å²) in [5.74, 6) is -4.28. The number of pyridine rings is 1. The molecule has 0 bridgehead atoms. The van der Waals surface area contributed by atoms with Crippen molar-refractivity contribution in [2.75, 3.05) is 5.75 Å². The van der Waals surface area contributed by atoms with Gasteiger partial charge in [-0.3, -0.25) is 0 Å². The third-order valence-electron chi connectivity index (χ3n) is 2.00. The van der Waals surface area contributed by atoms with Crippen LogP contribution in [0.2, 0.25) is 5.15 Å². The highest BCUT2D eigenvalue weighted by Gasteiger charge is 2.57. The second-order valence-corrected chi connectivity index (χ2v) is 5.08. The Balaban J connectivity index is 3.06. The van der Waals surface area contributed by atoms with Crippen LogP contribution in [0.3, 0.4) is 0 Å². The van der Waals surface area contributed by atoms with Crippen LogP contribution in [0.1, 0.15) is 12.6 Å². The summed E-state index contributed by atoms with van der Waals surface area (Å²) in [5.41, 5.74) is -0.336. The first-order valence-electron chi connectivity index (χ1n) is 4.90. The predicted octanol–water partition coefficient (Wildman–Crippen LogP) is 4.59. The van der Waals surface area contributed by atoms with Gasteiger partial charge in [0, 0.05) is 4.90 Å². The van der Waals surface area contributed by atoms with Crippen molar-refractivity contribution in [3.63, 3.8) is 0 Å². The monoisotopic (exact) mass is 305 g/mol. The van der Waals surface area contributed by atoms with E-state index in [-0.39, 0.29) is 15.7 Å². The normalized spacial score (nSPS) is 12.8. The molecule has 1 aromatic heterocycles. The summed E-state index contributed by atoms with van der Waals surface area (Å²) in [5, 5.41) is -0.108. The lowest BCUT2D eigenvalue weighted by molar-refractivity contribution is -0.281. The van der Waals surface area contributed by atoms with Gasteiger partial charge in [0.05, 0.1) is 12.1 Å². The molecule has 18 heavy (non-hydrogen) atoms. The Morgan fingerprint density at radius 1 is 1.22 bits per heavy atom. The van der Waals surface area contributed by atoms with Gasteiger partial charge in [0.15, 0.2) is 0 Å². The number of alkyl halides is 5. The van der Waals surface area contributed by atoms with E-state index in [2.05, 4.69) is 4.98 Å². The van der Waals surface area contributed by atoms with E-state index >= 15 is 0 Å². The van der Waals surface area contributed by atoms with E-state index in [1.165, 1.54) is 12.1 Å². The molecule has 0 saturated carbocycles. The van der Waals surface area contributed by atoms with Crippen LogP contribution in [0.4, 0.5) is 22.0 Å². The van der Waals surface area contributed by atoms with Crippen LogP contribution in [0.25, 0.3) is 0 Å². The van der Waals surface area contributed by atoms with Crippen molar-refractivity contribution in [2.45, 2.75) is 30.3 Å². The number of hydrogen-bond donors (Lipinski definition) is 0. The molecular weight excluding hydrogens is 297 g/mol. The van der Waals surface area contributed by atoms with Gasteiger partial charge in [-0.05, 0) is 17.9 Å². The summed E-state index contributed by atoms with van der Waals surface area (Å²) in [6.07, 6.45) is -7.09. The molecule has 1 rings (SSSR count). The Bertz CT molecular complexity index is 421. The summed E-state index contributed by atoms with van der Waals surface area (Å²) >= 11 is 6.65. The molecular formula is C10H9ClF5NS. The Morgan fingerprint density at radius 3 is 2.33 bits per heavy atom. The third kappa shape index (κ3) is 3.71. The Hall–Kier alpha value is -0.560. The number of hydrogen-bond acceptors (Lipinski definition) is 2. The number of aromatic nitrogens is 1. The first-order valence-corrected chi connectivity index (χ1v) is 6.26. The van der Waals surface area contributed by atoms with Crippen molar-refractivity contribution in [1.29, 1.82) is 0 Å². The summed E-state index contributed by atoms with van der Waals surface area (Å²) in [6.45, 7) is 1.75. The van der Waals surface area contributed by atoms with Gasteiger partial charge in [0.1, 0.15) is 5.15 Å². The minimum absolute atomic E-state index is 0.108. The van der Waals surface area contributed by atoms with Crippen LogP contribution in [0, 0.1) is 0 Å². The van der Waals surface area contributed by atoms with E-state index in [0.29, 0.717) is 5.75 Å². The molecule has 1 nitrogen and oxygen atoms in total. The highest BCUT2D eigenvalue weighted by Crippen LogP contribution is 2.39. The van der Waals surface area contributed by atoms with E-state index < -0.39 is 18.5 Å². The molecule has 0 saturated heterocycles. The lowest BCUT2D eigenvalue weighted by atomic mass is 10.1. The fourth-order valence-electron chi connectivity index (χ4n) is 1.19. The molecule has 1 aromatic rings. The summed E-state index contributed by atoms with van der Waals surface area (Å²) in [6, 6.07) is 2.75. The van der Waals surface area contributed by atoms with Crippen LogP contribution in [0.15, 0.2) is 17.0 Å². The van der Waals surface area contributed by atoms with Crippen LogP contribution < -0.4 is 0 Å². The molecule has 8 heteroatoms. The first kappa shape index (κ1) is 15.5. The molecule has 0 aromatic carbocycles.